The summed E-state index contributed by atoms with van der Waals surface area (Å²) in [6, 6.07) is 6.81. The molecular weight excluding hydrogens is 271 g/mol. The van der Waals surface area contributed by atoms with Crippen LogP contribution in [0.15, 0.2) is 18.2 Å². The van der Waals surface area contributed by atoms with Crippen molar-refractivity contribution >= 4 is 11.8 Å². The molecule has 1 saturated carbocycles. The molecule has 1 N–H and O–H groups in total. The maximum Gasteiger partial charge on any atom is 0.127 e. The van der Waals surface area contributed by atoms with Gasteiger partial charge in [0.25, 0.3) is 0 Å². The van der Waals surface area contributed by atoms with E-state index in [1.54, 1.807) is 6.07 Å². The van der Waals surface area contributed by atoms with Crippen molar-refractivity contribution in [2.24, 2.45) is 0 Å². The van der Waals surface area contributed by atoms with E-state index in [1.165, 1.54) is 18.4 Å². The zero-order valence-electron chi connectivity index (χ0n) is 12.1. The molecule has 0 spiro atoms. The summed E-state index contributed by atoms with van der Waals surface area (Å²) < 4.78 is 14.0. The summed E-state index contributed by atoms with van der Waals surface area (Å²) in [6.07, 6.45) is 2.58. The minimum atomic E-state index is -0.0643. The van der Waals surface area contributed by atoms with Crippen LogP contribution < -0.4 is 5.32 Å². The minimum absolute atomic E-state index is 0.0643. The number of hydrogen-bond donors (Lipinski definition) is 1. The number of rotatable bonds is 5. The van der Waals surface area contributed by atoms with Crippen molar-refractivity contribution in [3.8, 4) is 0 Å². The van der Waals surface area contributed by atoms with Crippen molar-refractivity contribution in [2.45, 2.75) is 44.9 Å². The van der Waals surface area contributed by atoms with E-state index in [1.807, 2.05) is 23.9 Å². The fourth-order valence-corrected chi connectivity index (χ4v) is 3.71. The van der Waals surface area contributed by atoms with E-state index in [9.17, 15) is 4.39 Å². The predicted octanol–water partition coefficient (Wildman–Crippen LogP) is 3.02. The smallest absolute Gasteiger partial charge is 0.127 e. The van der Waals surface area contributed by atoms with Crippen molar-refractivity contribution < 1.29 is 4.39 Å². The van der Waals surface area contributed by atoms with Gasteiger partial charge in [0.2, 0.25) is 0 Å². The number of benzene rings is 1. The third-order valence-corrected chi connectivity index (χ3v) is 5.35. The highest BCUT2D eigenvalue weighted by Gasteiger charge is 2.21. The summed E-state index contributed by atoms with van der Waals surface area (Å²) in [5.74, 6) is 2.25. The third kappa shape index (κ3) is 3.74. The molecule has 0 radical (unpaired) electrons. The van der Waals surface area contributed by atoms with Crippen LogP contribution >= 0.6 is 11.8 Å². The second-order valence-electron chi connectivity index (χ2n) is 5.98. The Labute approximate surface area is 125 Å². The molecule has 1 aliphatic heterocycles. The van der Waals surface area contributed by atoms with Crippen LogP contribution in [0.3, 0.4) is 0 Å². The molecule has 1 aromatic rings. The summed E-state index contributed by atoms with van der Waals surface area (Å²) in [7, 11) is 0. The Morgan fingerprint density at radius 1 is 1.40 bits per heavy atom. The van der Waals surface area contributed by atoms with E-state index >= 15 is 0 Å². The van der Waals surface area contributed by atoms with E-state index in [0.717, 1.165) is 36.7 Å². The van der Waals surface area contributed by atoms with Crippen LogP contribution in [0.4, 0.5) is 4.39 Å². The molecule has 2 aliphatic rings. The van der Waals surface area contributed by atoms with Gasteiger partial charge in [0.1, 0.15) is 5.82 Å². The van der Waals surface area contributed by atoms with Crippen LogP contribution in [0, 0.1) is 5.82 Å². The van der Waals surface area contributed by atoms with Gasteiger partial charge in [-0.25, -0.2) is 4.39 Å². The summed E-state index contributed by atoms with van der Waals surface area (Å²) in [5, 5.41) is 3.49. The first-order chi connectivity index (χ1) is 9.72. The minimum Gasteiger partial charge on any atom is -0.310 e. The average Bonchev–Trinajstić information content (AvgIpc) is 3.26. The predicted molar refractivity (Wildman–Crippen MR) is 83.5 cm³/mol. The van der Waals surface area contributed by atoms with Crippen molar-refractivity contribution in [3.63, 3.8) is 0 Å². The fraction of sp³-hybridized carbons (Fsp3) is 0.625. The van der Waals surface area contributed by atoms with Gasteiger partial charge < -0.3 is 5.32 Å². The summed E-state index contributed by atoms with van der Waals surface area (Å²) in [4.78, 5) is 2.40. The third-order valence-electron chi connectivity index (χ3n) is 4.16. The SMILES string of the molecule is CC1CSCCN1Cc1cc(CNC2CC2)ccc1F. The molecule has 0 amide bonds. The molecule has 2 nitrogen and oxygen atoms in total. The zero-order chi connectivity index (χ0) is 13.9. The van der Waals surface area contributed by atoms with Gasteiger partial charge in [-0.1, -0.05) is 12.1 Å². The van der Waals surface area contributed by atoms with Crippen LogP contribution in [0.25, 0.3) is 0 Å². The van der Waals surface area contributed by atoms with E-state index in [-0.39, 0.29) is 5.82 Å². The highest BCUT2D eigenvalue weighted by molar-refractivity contribution is 7.99. The Morgan fingerprint density at radius 2 is 2.25 bits per heavy atom. The van der Waals surface area contributed by atoms with Crippen LogP contribution in [0.1, 0.15) is 30.9 Å². The monoisotopic (exact) mass is 294 g/mol. The lowest BCUT2D eigenvalue weighted by Crippen LogP contribution is -2.39. The van der Waals surface area contributed by atoms with Gasteiger partial charge in [-0.15, -0.1) is 0 Å². The molecular formula is C16H23FN2S. The maximum atomic E-state index is 14.0. The van der Waals surface area contributed by atoms with Gasteiger partial charge in [-0.3, -0.25) is 4.90 Å². The number of nitrogens with one attached hydrogen (secondary N) is 1. The van der Waals surface area contributed by atoms with Crippen LogP contribution in [0.2, 0.25) is 0 Å². The summed E-state index contributed by atoms with van der Waals surface area (Å²) in [6.45, 7) is 4.91. The van der Waals surface area contributed by atoms with Crippen LogP contribution in [-0.2, 0) is 13.1 Å². The molecule has 20 heavy (non-hydrogen) atoms. The number of halogens is 1. The first-order valence-corrected chi connectivity index (χ1v) is 8.70. The van der Waals surface area contributed by atoms with E-state index in [0.29, 0.717) is 12.1 Å². The quantitative estimate of drug-likeness (QED) is 0.898. The highest BCUT2D eigenvalue weighted by atomic mass is 32.2. The highest BCUT2D eigenvalue weighted by Crippen LogP contribution is 2.22. The van der Waals surface area contributed by atoms with Crippen molar-refractivity contribution in [1.29, 1.82) is 0 Å². The van der Waals surface area contributed by atoms with E-state index in [2.05, 4.69) is 17.1 Å². The van der Waals surface area contributed by atoms with Crippen LogP contribution in [0.5, 0.6) is 0 Å². The topological polar surface area (TPSA) is 15.3 Å². The first kappa shape index (κ1) is 14.4. The summed E-state index contributed by atoms with van der Waals surface area (Å²) >= 11 is 2.00. The molecule has 110 valence electrons. The van der Waals surface area contributed by atoms with Crippen molar-refractivity contribution in [2.75, 3.05) is 18.1 Å². The molecule has 2 fully saturated rings. The second kappa shape index (κ2) is 6.46. The Hall–Kier alpha value is -0.580. The molecule has 4 heteroatoms. The Morgan fingerprint density at radius 3 is 3.00 bits per heavy atom. The molecule has 1 aliphatic carbocycles. The van der Waals surface area contributed by atoms with Gasteiger partial charge in [0.15, 0.2) is 0 Å². The van der Waals surface area contributed by atoms with Crippen LogP contribution in [-0.4, -0.2) is 35.0 Å². The summed E-state index contributed by atoms with van der Waals surface area (Å²) in [5.41, 5.74) is 2.05. The molecule has 1 aromatic carbocycles. The molecule has 1 heterocycles. The molecule has 3 rings (SSSR count). The van der Waals surface area contributed by atoms with Gasteiger partial charge in [-0.2, -0.15) is 11.8 Å². The molecule has 1 atom stereocenters. The second-order valence-corrected chi connectivity index (χ2v) is 7.13. The lowest BCUT2D eigenvalue weighted by molar-refractivity contribution is 0.221. The zero-order valence-corrected chi connectivity index (χ0v) is 12.9. The molecule has 0 aromatic heterocycles. The molecule has 0 bridgehead atoms. The Balaban J connectivity index is 1.65. The van der Waals surface area contributed by atoms with Crippen molar-refractivity contribution in [3.05, 3.63) is 35.1 Å². The lowest BCUT2D eigenvalue weighted by atomic mass is 10.1. The normalized spacial score (nSPS) is 24.0. The Bertz CT molecular complexity index is 462. The van der Waals surface area contributed by atoms with Gasteiger partial charge >= 0.3 is 0 Å². The number of hydrogen-bond acceptors (Lipinski definition) is 3. The van der Waals surface area contributed by atoms with E-state index in [4.69, 9.17) is 0 Å². The molecule has 1 unspecified atom stereocenters. The Kier molecular flexibility index (Phi) is 4.64. The van der Waals surface area contributed by atoms with Gasteiger partial charge in [0, 0.05) is 48.8 Å². The first-order valence-electron chi connectivity index (χ1n) is 7.55. The van der Waals surface area contributed by atoms with Gasteiger partial charge in [0.05, 0.1) is 0 Å². The van der Waals surface area contributed by atoms with E-state index < -0.39 is 0 Å². The number of thioether (sulfide) groups is 1. The maximum absolute atomic E-state index is 14.0. The fourth-order valence-electron chi connectivity index (χ4n) is 2.62. The lowest BCUT2D eigenvalue weighted by Gasteiger charge is -2.33. The van der Waals surface area contributed by atoms with Crippen molar-refractivity contribution in [1.82, 2.24) is 10.2 Å². The number of nitrogens with zero attached hydrogens (tertiary/aromatic N) is 1. The largest absolute Gasteiger partial charge is 0.310 e. The molecule has 1 saturated heterocycles. The average molecular weight is 294 g/mol. The standard InChI is InChI=1S/C16H23FN2S/c1-12-11-20-7-6-19(12)10-14-8-13(2-5-16(14)17)9-18-15-3-4-15/h2,5,8,12,15,18H,3-4,6-7,9-11H2,1H3. The van der Waals surface area contributed by atoms with Gasteiger partial charge in [-0.05, 0) is 31.4 Å².